The first-order valence-electron chi connectivity index (χ1n) is 5.72. The minimum Gasteiger partial charge on any atom is -0.393 e. The third-order valence-electron chi connectivity index (χ3n) is 2.54. The van der Waals surface area contributed by atoms with Gasteiger partial charge in [0.15, 0.2) is 0 Å². The molecular weight excluding hydrogens is 238 g/mol. The number of aliphatic hydroxyl groups is 1. The van der Waals surface area contributed by atoms with E-state index in [-0.39, 0.29) is 11.9 Å². The number of amides is 1. The van der Waals surface area contributed by atoms with Crippen molar-refractivity contribution in [1.82, 2.24) is 5.32 Å². The van der Waals surface area contributed by atoms with Crippen LogP contribution in [0.1, 0.15) is 38.3 Å². The highest BCUT2D eigenvalue weighted by atomic mass is 35.5. The highest BCUT2D eigenvalue weighted by Crippen LogP contribution is 2.22. The molecule has 0 aromatic heterocycles. The Bertz CT molecular complexity index is 379. The summed E-state index contributed by atoms with van der Waals surface area (Å²) < 4.78 is 0. The van der Waals surface area contributed by atoms with Crippen molar-refractivity contribution in [3.63, 3.8) is 0 Å². The highest BCUT2D eigenvalue weighted by Gasteiger charge is 2.12. The third-order valence-corrected chi connectivity index (χ3v) is 2.88. The van der Waals surface area contributed by atoms with Gasteiger partial charge in [0, 0.05) is 11.4 Å². The minimum atomic E-state index is -0.448. The number of hydrogen-bond donors (Lipinski definition) is 2. The topological polar surface area (TPSA) is 49.3 Å². The van der Waals surface area contributed by atoms with E-state index >= 15 is 0 Å². The predicted molar refractivity (Wildman–Crippen MR) is 68.9 cm³/mol. The first-order valence-corrected chi connectivity index (χ1v) is 6.10. The van der Waals surface area contributed by atoms with E-state index in [1.165, 1.54) is 0 Å². The number of nitrogens with one attached hydrogen (secondary N) is 1. The number of aliphatic hydroxyl groups excluding tert-OH is 1. The lowest BCUT2D eigenvalue weighted by Gasteiger charge is -2.15. The molecule has 1 unspecified atom stereocenters. The van der Waals surface area contributed by atoms with Crippen LogP contribution in [0, 0.1) is 0 Å². The molecule has 0 saturated carbocycles. The van der Waals surface area contributed by atoms with Crippen LogP contribution in [0.25, 0.3) is 0 Å². The van der Waals surface area contributed by atoms with Gasteiger partial charge in [-0.3, -0.25) is 4.79 Å². The van der Waals surface area contributed by atoms with Gasteiger partial charge in [-0.2, -0.15) is 0 Å². The normalized spacial score (nSPS) is 14.1. The van der Waals surface area contributed by atoms with Gasteiger partial charge in [0.25, 0.3) is 0 Å². The van der Waals surface area contributed by atoms with Crippen molar-refractivity contribution >= 4 is 17.5 Å². The van der Waals surface area contributed by atoms with E-state index < -0.39 is 6.10 Å². The molecule has 3 nitrogen and oxygen atoms in total. The molecule has 1 amide bonds. The van der Waals surface area contributed by atoms with E-state index in [0.29, 0.717) is 17.9 Å². The summed E-state index contributed by atoms with van der Waals surface area (Å²) in [5.41, 5.74) is 0.902. The second kappa shape index (κ2) is 6.62. The van der Waals surface area contributed by atoms with Crippen LogP contribution < -0.4 is 5.32 Å². The Kier molecular flexibility index (Phi) is 5.45. The maximum atomic E-state index is 11.6. The quantitative estimate of drug-likeness (QED) is 0.850. The zero-order valence-electron chi connectivity index (χ0n) is 10.1. The van der Waals surface area contributed by atoms with Crippen LogP contribution in [0.15, 0.2) is 24.3 Å². The first-order chi connectivity index (χ1) is 8.00. The van der Waals surface area contributed by atoms with Gasteiger partial charge in [-0.05, 0) is 31.9 Å². The second-order valence-electron chi connectivity index (χ2n) is 4.20. The summed E-state index contributed by atoms with van der Waals surface area (Å²) in [7, 11) is 0. The minimum absolute atomic E-state index is 0.0710. The zero-order chi connectivity index (χ0) is 12.8. The molecule has 0 aliphatic rings. The van der Waals surface area contributed by atoms with E-state index in [2.05, 4.69) is 5.32 Å². The number of hydrogen-bond acceptors (Lipinski definition) is 2. The van der Waals surface area contributed by atoms with Gasteiger partial charge < -0.3 is 10.4 Å². The molecule has 0 fully saturated rings. The van der Waals surface area contributed by atoms with Crippen molar-refractivity contribution in [1.29, 1.82) is 0 Å². The highest BCUT2D eigenvalue weighted by molar-refractivity contribution is 6.31. The lowest BCUT2D eigenvalue weighted by atomic mass is 10.1. The molecule has 0 spiro atoms. The van der Waals surface area contributed by atoms with Crippen LogP contribution in [-0.4, -0.2) is 17.1 Å². The summed E-state index contributed by atoms with van der Waals surface area (Å²) in [5.74, 6) is -0.0710. The lowest BCUT2D eigenvalue weighted by Crippen LogP contribution is -2.27. The number of benzene rings is 1. The first kappa shape index (κ1) is 14.0. The molecular formula is C13H18ClNO2. The van der Waals surface area contributed by atoms with Gasteiger partial charge in [-0.15, -0.1) is 0 Å². The van der Waals surface area contributed by atoms with Crippen molar-refractivity contribution in [3.8, 4) is 0 Å². The Balaban J connectivity index is 2.52. The number of carbonyl (C=O) groups is 1. The van der Waals surface area contributed by atoms with Crippen LogP contribution in [0.5, 0.6) is 0 Å². The Morgan fingerprint density at radius 2 is 2.06 bits per heavy atom. The van der Waals surface area contributed by atoms with Gasteiger partial charge in [0.2, 0.25) is 5.91 Å². The predicted octanol–water partition coefficient (Wildman–Crippen LogP) is 2.68. The zero-order valence-corrected chi connectivity index (χ0v) is 10.9. The number of carbonyl (C=O) groups excluding carboxylic acids is 1. The summed E-state index contributed by atoms with van der Waals surface area (Å²) in [6, 6.07) is 7.32. The standard InChI is InChI=1S/C13H18ClNO2/c1-9(16)7-8-13(17)15-10(2)11-5-3-4-6-12(11)14/h3-6,9-10,16H,7-8H2,1-2H3,(H,15,17)/t9?,10-/m1/s1. The molecule has 0 aliphatic heterocycles. The summed E-state index contributed by atoms with van der Waals surface area (Å²) in [6.45, 7) is 3.56. The van der Waals surface area contributed by atoms with Crippen LogP contribution >= 0.6 is 11.6 Å². The molecule has 0 aliphatic carbocycles. The van der Waals surface area contributed by atoms with E-state index in [1.54, 1.807) is 13.0 Å². The Morgan fingerprint density at radius 3 is 2.65 bits per heavy atom. The second-order valence-corrected chi connectivity index (χ2v) is 4.61. The molecule has 0 heterocycles. The lowest BCUT2D eigenvalue weighted by molar-refractivity contribution is -0.122. The maximum Gasteiger partial charge on any atom is 0.220 e. The van der Waals surface area contributed by atoms with Crippen LogP contribution in [0.3, 0.4) is 0 Å². The average molecular weight is 256 g/mol. The Morgan fingerprint density at radius 1 is 1.41 bits per heavy atom. The average Bonchev–Trinajstić information content (AvgIpc) is 2.26. The summed E-state index contributed by atoms with van der Waals surface area (Å²) in [6.07, 6.45) is 0.351. The summed E-state index contributed by atoms with van der Waals surface area (Å²) >= 11 is 6.04. The third kappa shape index (κ3) is 4.75. The molecule has 0 bridgehead atoms. The largest absolute Gasteiger partial charge is 0.393 e. The van der Waals surface area contributed by atoms with E-state index in [0.717, 1.165) is 5.56 Å². The van der Waals surface area contributed by atoms with Gasteiger partial charge in [-0.1, -0.05) is 29.8 Å². The van der Waals surface area contributed by atoms with Crippen molar-refractivity contribution in [2.24, 2.45) is 0 Å². The molecule has 2 atom stereocenters. The SMILES string of the molecule is CC(O)CCC(=O)N[C@H](C)c1ccccc1Cl. The fourth-order valence-electron chi connectivity index (χ4n) is 1.56. The summed E-state index contributed by atoms with van der Waals surface area (Å²) in [4.78, 5) is 11.6. The van der Waals surface area contributed by atoms with Crippen molar-refractivity contribution in [2.75, 3.05) is 0 Å². The number of rotatable bonds is 5. The van der Waals surface area contributed by atoms with Crippen LogP contribution in [-0.2, 0) is 4.79 Å². The molecule has 2 N–H and O–H groups in total. The molecule has 94 valence electrons. The number of halogens is 1. The van der Waals surface area contributed by atoms with E-state index in [9.17, 15) is 4.79 Å². The van der Waals surface area contributed by atoms with Gasteiger partial charge >= 0.3 is 0 Å². The fourth-order valence-corrected chi connectivity index (χ4v) is 1.86. The van der Waals surface area contributed by atoms with Crippen molar-refractivity contribution < 1.29 is 9.90 Å². The van der Waals surface area contributed by atoms with Crippen molar-refractivity contribution in [3.05, 3.63) is 34.9 Å². The van der Waals surface area contributed by atoms with Gasteiger partial charge in [0.1, 0.15) is 0 Å². The molecule has 1 aromatic rings. The van der Waals surface area contributed by atoms with Crippen molar-refractivity contribution in [2.45, 2.75) is 38.8 Å². The monoisotopic (exact) mass is 255 g/mol. The van der Waals surface area contributed by atoms with E-state index in [1.807, 2.05) is 25.1 Å². The summed E-state index contributed by atoms with van der Waals surface area (Å²) in [5, 5.41) is 12.6. The van der Waals surface area contributed by atoms with Crippen LogP contribution in [0.4, 0.5) is 0 Å². The van der Waals surface area contributed by atoms with E-state index in [4.69, 9.17) is 16.7 Å². The van der Waals surface area contributed by atoms with Gasteiger partial charge in [-0.25, -0.2) is 0 Å². The molecule has 4 heteroatoms. The Labute approximate surface area is 107 Å². The Hall–Kier alpha value is -1.06. The molecule has 1 rings (SSSR count). The molecule has 17 heavy (non-hydrogen) atoms. The smallest absolute Gasteiger partial charge is 0.220 e. The molecule has 0 saturated heterocycles. The van der Waals surface area contributed by atoms with Crippen LogP contribution in [0.2, 0.25) is 5.02 Å². The molecule has 0 radical (unpaired) electrons. The van der Waals surface area contributed by atoms with Gasteiger partial charge in [0.05, 0.1) is 12.1 Å². The fraction of sp³-hybridized carbons (Fsp3) is 0.462. The molecule has 1 aromatic carbocycles. The maximum absolute atomic E-state index is 11.6.